The summed E-state index contributed by atoms with van der Waals surface area (Å²) in [6, 6.07) is 6.16. The van der Waals surface area contributed by atoms with Crippen molar-refractivity contribution >= 4 is 56.6 Å². The van der Waals surface area contributed by atoms with Crippen LogP contribution in [-0.4, -0.2) is 7.11 Å². The van der Waals surface area contributed by atoms with E-state index in [1.54, 1.807) is 18.4 Å². The van der Waals surface area contributed by atoms with E-state index >= 15 is 0 Å². The van der Waals surface area contributed by atoms with E-state index in [0.717, 1.165) is 9.96 Å². The molecule has 1 nitrogen and oxygen atoms in total. The van der Waals surface area contributed by atoms with Crippen LogP contribution in [0, 0.1) is 3.57 Å². The summed E-state index contributed by atoms with van der Waals surface area (Å²) in [6.07, 6.45) is 0. The molecule has 0 aliphatic heterocycles. The normalized spacial score (nSPS) is 10.7. The smallest absolute Gasteiger partial charge is 0.174 e. The second-order valence-electron chi connectivity index (χ2n) is 2.62. The van der Waals surface area contributed by atoms with Crippen LogP contribution in [0.5, 0.6) is 5.06 Å². The molecule has 1 aromatic carbocycles. The molecule has 0 radical (unpaired) electrons. The van der Waals surface area contributed by atoms with Crippen LogP contribution in [0.4, 0.5) is 0 Å². The van der Waals surface area contributed by atoms with Gasteiger partial charge in [-0.05, 0) is 46.2 Å². The summed E-state index contributed by atoms with van der Waals surface area (Å²) in [5, 5.41) is 2.16. The highest BCUT2D eigenvalue weighted by atomic mass is 127. The van der Waals surface area contributed by atoms with Gasteiger partial charge in [0.05, 0.1) is 11.8 Å². The number of fused-ring (bicyclic) bond motifs is 1. The van der Waals surface area contributed by atoms with Gasteiger partial charge in [0.2, 0.25) is 0 Å². The van der Waals surface area contributed by atoms with E-state index in [1.807, 2.05) is 6.07 Å². The van der Waals surface area contributed by atoms with Crippen LogP contribution >= 0.6 is 46.6 Å². The average molecular weight is 322 g/mol. The fourth-order valence-electron chi connectivity index (χ4n) is 1.17. The van der Waals surface area contributed by atoms with E-state index in [4.69, 9.17) is 4.74 Å². The quantitative estimate of drug-likeness (QED) is 0.621. The molecule has 0 amide bonds. The molecular formula is C9H7IOS2. The lowest BCUT2D eigenvalue weighted by Gasteiger charge is -1.94. The van der Waals surface area contributed by atoms with Gasteiger partial charge in [-0.1, -0.05) is 11.3 Å². The van der Waals surface area contributed by atoms with Crippen LogP contribution in [-0.2, 0) is 0 Å². The van der Waals surface area contributed by atoms with E-state index in [1.165, 1.54) is 13.7 Å². The Morgan fingerprint density at radius 3 is 2.85 bits per heavy atom. The molecule has 0 saturated heterocycles. The number of benzene rings is 1. The van der Waals surface area contributed by atoms with Gasteiger partial charge in [-0.25, -0.2) is 0 Å². The van der Waals surface area contributed by atoms with Crippen LogP contribution in [0.15, 0.2) is 23.1 Å². The minimum Gasteiger partial charge on any atom is -0.487 e. The van der Waals surface area contributed by atoms with Gasteiger partial charge in [-0.15, -0.1) is 12.6 Å². The second-order valence-corrected chi connectivity index (χ2v) is 5.31. The molecule has 4 heteroatoms. The molecule has 0 atom stereocenters. The monoisotopic (exact) mass is 322 g/mol. The maximum Gasteiger partial charge on any atom is 0.174 e. The van der Waals surface area contributed by atoms with Crippen molar-refractivity contribution in [1.82, 2.24) is 0 Å². The van der Waals surface area contributed by atoms with Gasteiger partial charge in [-0.3, -0.25) is 0 Å². The number of thiophene rings is 1. The molecule has 0 aliphatic rings. The van der Waals surface area contributed by atoms with Crippen LogP contribution in [0.3, 0.4) is 0 Å². The first kappa shape index (κ1) is 9.61. The van der Waals surface area contributed by atoms with E-state index in [2.05, 4.69) is 47.4 Å². The zero-order valence-corrected chi connectivity index (χ0v) is 10.7. The van der Waals surface area contributed by atoms with Crippen molar-refractivity contribution in [2.45, 2.75) is 4.90 Å². The van der Waals surface area contributed by atoms with E-state index in [9.17, 15) is 0 Å². The number of hydrogen-bond donors (Lipinski definition) is 1. The van der Waals surface area contributed by atoms with Crippen molar-refractivity contribution < 1.29 is 4.74 Å². The van der Waals surface area contributed by atoms with Crippen molar-refractivity contribution in [2.75, 3.05) is 7.11 Å². The number of rotatable bonds is 1. The van der Waals surface area contributed by atoms with Gasteiger partial charge in [0, 0.05) is 8.47 Å². The zero-order chi connectivity index (χ0) is 9.42. The minimum absolute atomic E-state index is 0.951. The molecular weight excluding hydrogens is 315 g/mol. The number of methoxy groups -OCH3 is 1. The van der Waals surface area contributed by atoms with Crippen molar-refractivity contribution in [2.24, 2.45) is 0 Å². The zero-order valence-electron chi connectivity index (χ0n) is 6.87. The van der Waals surface area contributed by atoms with Crippen LogP contribution in [0.1, 0.15) is 0 Å². The summed E-state index contributed by atoms with van der Waals surface area (Å²) in [5.41, 5.74) is 0. The molecule has 0 spiro atoms. The average Bonchev–Trinajstić information content (AvgIpc) is 2.47. The third-order valence-corrected chi connectivity index (χ3v) is 4.35. The Morgan fingerprint density at radius 2 is 2.15 bits per heavy atom. The van der Waals surface area contributed by atoms with Gasteiger partial charge in [-0.2, -0.15) is 0 Å². The fourth-order valence-corrected chi connectivity index (χ4v) is 3.53. The lowest BCUT2D eigenvalue weighted by molar-refractivity contribution is 0.427. The topological polar surface area (TPSA) is 9.23 Å². The number of ether oxygens (including phenoxy) is 1. The maximum atomic E-state index is 5.18. The molecule has 0 saturated carbocycles. The molecule has 0 fully saturated rings. The molecule has 68 valence electrons. The lowest BCUT2D eigenvalue weighted by atomic mass is 10.3. The van der Waals surface area contributed by atoms with Crippen LogP contribution < -0.4 is 4.74 Å². The summed E-state index contributed by atoms with van der Waals surface area (Å²) in [7, 11) is 1.69. The molecule has 2 rings (SSSR count). The number of thiol groups is 1. The molecule has 0 bridgehead atoms. The molecule has 1 heterocycles. The molecule has 2 aromatic rings. The number of hydrogen-bond acceptors (Lipinski definition) is 3. The Hall–Kier alpha value is 0.0600. The van der Waals surface area contributed by atoms with Gasteiger partial charge in [0.15, 0.2) is 5.06 Å². The van der Waals surface area contributed by atoms with Crippen molar-refractivity contribution in [1.29, 1.82) is 0 Å². The molecule has 13 heavy (non-hydrogen) atoms. The number of halogens is 1. The minimum atomic E-state index is 0.951. The van der Waals surface area contributed by atoms with Crippen molar-refractivity contribution in [3.63, 3.8) is 0 Å². The third kappa shape index (κ3) is 1.80. The molecule has 0 unspecified atom stereocenters. The lowest BCUT2D eigenvalue weighted by Crippen LogP contribution is -1.73. The Kier molecular flexibility index (Phi) is 2.71. The summed E-state index contributed by atoms with van der Waals surface area (Å²) >= 11 is 8.32. The second kappa shape index (κ2) is 3.67. The Bertz CT molecular complexity index is 450. The van der Waals surface area contributed by atoms with E-state index in [-0.39, 0.29) is 0 Å². The highest BCUT2D eigenvalue weighted by Crippen LogP contribution is 2.35. The van der Waals surface area contributed by atoms with Crippen LogP contribution in [0.2, 0.25) is 0 Å². The Labute approximate surface area is 99.6 Å². The SMILES string of the molecule is COc1cc2cc(S)cc(I)c2s1. The van der Waals surface area contributed by atoms with Gasteiger partial charge in [0.25, 0.3) is 0 Å². The van der Waals surface area contributed by atoms with E-state index in [0.29, 0.717) is 0 Å². The predicted octanol–water partition coefficient (Wildman–Crippen LogP) is 3.80. The van der Waals surface area contributed by atoms with Gasteiger partial charge >= 0.3 is 0 Å². The van der Waals surface area contributed by atoms with Crippen LogP contribution in [0.25, 0.3) is 10.1 Å². The van der Waals surface area contributed by atoms with E-state index < -0.39 is 0 Å². The maximum absolute atomic E-state index is 5.18. The first-order chi connectivity index (χ1) is 6.20. The summed E-state index contributed by atoms with van der Waals surface area (Å²) in [4.78, 5) is 0.998. The van der Waals surface area contributed by atoms with Crippen molar-refractivity contribution in [3.05, 3.63) is 21.8 Å². The standard InChI is InChI=1S/C9H7IOS2/c1-11-8-3-5-2-6(12)4-7(10)9(5)13-8/h2-4,12H,1H3. The first-order valence-corrected chi connectivity index (χ1v) is 6.01. The van der Waals surface area contributed by atoms with Gasteiger partial charge in [0.1, 0.15) is 0 Å². The predicted molar refractivity (Wildman–Crippen MR) is 68.3 cm³/mol. The molecule has 0 aliphatic carbocycles. The first-order valence-electron chi connectivity index (χ1n) is 3.67. The summed E-state index contributed by atoms with van der Waals surface area (Å²) in [6.45, 7) is 0. The van der Waals surface area contributed by atoms with Gasteiger partial charge < -0.3 is 4.74 Å². The Balaban J connectivity index is 2.75. The third-order valence-electron chi connectivity index (χ3n) is 1.73. The molecule has 0 N–H and O–H groups in total. The highest BCUT2D eigenvalue weighted by Gasteiger charge is 2.05. The Morgan fingerprint density at radius 1 is 1.38 bits per heavy atom. The highest BCUT2D eigenvalue weighted by molar-refractivity contribution is 14.1. The summed E-state index contributed by atoms with van der Waals surface area (Å²) in [5.74, 6) is 0. The summed E-state index contributed by atoms with van der Waals surface area (Å²) < 4.78 is 7.69. The molecule has 1 aromatic heterocycles. The van der Waals surface area contributed by atoms with Crippen molar-refractivity contribution in [3.8, 4) is 5.06 Å². The fraction of sp³-hybridized carbons (Fsp3) is 0.111. The largest absolute Gasteiger partial charge is 0.487 e.